The van der Waals surface area contributed by atoms with Crippen LogP contribution in [0.5, 0.6) is 0 Å². The third-order valence-electron chi connectivity index (χ3n) is 4.21. The van der Waals surface area contributed by atoms with Crippen LogP contribution in [0, 0.1) is 6.92 Å². The Morgan fingerprint density at radius 2 is 2.18 bits per heavy atom. The van der Waals surface area contributed by atoms with Gasteiger partial charge in [0.05, 0.1) is 25.8 Å². The molecule has 0 amide bonds. The molecule has 3 rings (SSSR count). The molecule has 2 aromatic rings. The summed E-state index contributed by atoms with van der Waals surface area (Å²) in [5.74, 6) is 1.79. The number of nitrogens with zero attached hydrogens (tertiary/aromatic N) is 4. The molecule has 1 aliphatic rings. The number of ether oxygens (including phenoxy) is 1. The lowest BCUT2D eigenvalue weighted by molar-refractivity contribution is 0.0529. The number of hydrogen-bond donors (Lipinski definition) is 2. The highest BCUT2D eigenvalue weighted by Gasteiger charge is 2.17. The Morgan fingerprint density at radius 1 is 1.32 bits per heavy atom. The maximum Gasteiger partial charge on any atom is 0.191 e. The molecule has 0 spiro atoms. The molecule has 154 valence electrons. The van der Waals surface area contributed by atoms with E-state index in [9.17, 15) is 0 Å². The number of nitrogens with one attached hydrogen (secondary N) is 2. The molecule has 0 aromatic carbocycles. The van der Waals surface area contributed by atoms with Crippen molar-refractivity contribution < 1.29 is 4.74 Å². The number of hydrogen-bond acceptors (Lipinski definition) is 6. The van der Waals surface area contributed by atoms with E-state index in [2.05, 4.69) is 63.4 Å². The number of rotatable bonds is 6. The Morgan fingerprint density at radius 3 is 2.82 bits per heavy atom. The quantitative estimate of drug-likeness (QED) is 0.350. The first-order valence-corrected chi connectivity index (χ1v) is 10.2. The fourth-order valence-corrected chi connectivity index (χ4v) is 3.61. The molecule has 1 fully saturated rings. The van der Waals surface area contributed by atoms with Crippen molar-refractivity contribution in [3.8, 4) is 0 Å². The summed E-state index contributed by atoms with van der Waals surface area (Å²) in [4.78, 5) is 17.1. The number of aliphatic imine (C=N–C) groups is 1. The van der Waals surface area contributed by atoms with Crippen LogP contribution in [0.1, 0.15) is 29.3 Å². The second-order valence-electron chi connectivity index (χ2n) is 6.57. The number of morpholine rings is 1. The normalized spacial score (nSPS) is 17.2. The topological polar surface area (TPSA) is 74.7 Å². The second-order valence-corrected chi connectivity index (χ2v) is 7.88. The summed E-state index contributed by atoms with van der Waals surface area (Å²) in [5, 5.41) is 7.66. The molecule has 1 saturated heterocycles. The maximum absolute atomic E-state index is 5.59. The Kier molecular flexibility index (Phi) is 9.39. The number of aromatic nitrogens is 2. The van der Waals surface area contributed by atoms with Gasteiger partial charge in [-0.1, -0.05) is 6.07 Å². The van der Waals surface area contributed by atoms with Crippen molar-refractivity contribution in [3.05, 3.63) is 40.0 Å². The molecule has 28 heavy (non-hydrogen) atoms. The van der Waals surface area contributed by atoms with Gasteiger partial charge in [-0.15, -0.1) is 35.3 Å². The smallest absolute Gasteiger partial charge is 0.191 e. The summed E-state index contributed by atoms with van der Waals surface area (Å²) < 4.78 is 5.59. The fraction of sp³-hybridized carbons (Fsp3) is 0.526. The maximum atomic E-state index is 5.59. The van der Waals surface area contributed by atoms with Crippen LogP contribution < -0.4 is 15.5 Å². The van der Waals surface area contributed by atoms with Crippen LogP contribution in [0.15, 0.2) is 29.5 Å². The van der Waals surface area contributed by atoms with Gasteiger partial charge in [0.25, 0.3) is 0 Å². The van der Waals surface area contributed by atoms with Gasteiger partial charge in [0.1, 0.15) is 10.8 Å². The zero-order valence-corrected chi connectivity index (χ0v) is 19.8. The Balaban J connectivity index is 0.00000280. The second kappa shape index (κ2) is 11.5. The predicted molar refractivity (Wildman–Crippen MR) is 126 cm³/mol. The molecule has 0 radical (unpaired) electrons. The SMILES string of the molecule is CCNC(=NCc1ccc(N2CCOC(C)C2)nc1)NCc1ncc(C)s1.I. The van der Waals surface area contributed by atoms with Crippen LogP contribution in [-0.2, 0) is 17.8 Å². The summed E-state index contributed by atoms with van der Waals surface area (Å²) >= 11 is 1.70. The van der Waals surface area contributed by atoms with E-state index in [4.69, 9.17) is 4.74 Å². The first-order chi connectivity index (χ1) is 13.1. The van der Waals surface area contributed by atoms with Crippen LogP contribution in [0.25, 0.3) is 0 Å². The first kappa shape index (κ1) is 22.8. The first-order valence-electron chi connectivity index (χ1n) is 9.39. The van der Waals surface area contributed by atoms with Crippen molar-refractivity contribution in [2.24, 2.45) is 4.99 Å². The van der Waals surface area contributed by atoms with E-state index in [0.29, 0.717) is 13.1 Å². The van der Waals surface area contributed by atoms with E-state index >= 15 is 0 Å². The minimum absolute atomic E-state index is 0. The van der Waals surface area contributed by atoms with Gasteiger partial charge in [-0.3, -0.25) is 0 Å². The molecular weight excluding hydrogens is 487 g/mol. The molecule has 1 unspecified atom stereocenters. The molecule has 7 nitrogen and oxygen atoms in total. The zero-order chi connectivity index (χ0) is 19.1. The van der Waals surface area contributed by atoms with Gasteiger partial charge in [-0.05, 0) is 32.4 Å². The molecule has 3 heterocycles. The fourth-order valence-electron chi connectivity index (χ4n) is 2.88. The molecule has 2 N–H and O–H groups in total. The number of thiazole rings is 1. The summed E-state index contributed by atoms with van der Waals surface area (Å²) in [6.07, 6.45) is 4.06. The van der Waals surface area contributed by atoms with Gasteiger partial charge in [0, 0.05) is 36.9 Å². The van der Waals surface area contributed by atoms with Gasteiger partial charge >= 0.3 is 0 Å². The highest BCUT2D eigenvalue weighted by molar-refractivity contribution is 14.0. The average Bonchev–Trinajstić information content (AvgIpc) is 3.10. The van der Waals surface area contributed by atoms with Crippen molar-refractivity contribution >= 4 is 47.1 Å². The molecule has 1 atom stereocenters. The van der Waals surface area contributed by atoms with Crippen molar-refractivity contribution in [2.75, 3.05) is 31.1 Å². The minimum atomic E-state index is 0. The molecule has 0 saturated carbocycles. The van der Waals surface area contributed by atoms with Gasteiger partial charge in [0.15, 0.2) is 5.96 Å². The number of guanidine groups is 1. The van der Waals surface area contributed by atoms with Gasteiger partial charge in [-0.2, -0.15) is 0 Å². The van der Waals surface area contributed by atoms with Crippen molar-refractivity contribution in [1.82, 2.24) is 20.6 Å². The lowest BCUT2D eigenvalue weighted by atomic mass is 10.2. The molecule has 2 aromatic heterocycles. The van der Waals surface area contributed by atoms with E-state index < -0.39 is 0 Å². The summed E-state index contributed by atoms with van der Waals surface area (Å²) in [6.45, 7) is 10.8. The third-order valence-corrected chi connectivity index (χ3v) is 5.13. The Hall–Kier alpha value is -1.46. The minimum Gasteiger partial charge on any atom is -0.375 e. The Bertz CT molecular complexity index is 751. The molecule has 1 aliphatic heterocycles. The lowest BCUT2D eigenvalue weighted by Crippen LogP contribution is -2.41. The number of pyridine rings is 1. The van der Waals surface area contributed by atoms with Gasteiger partial charge in [-0.25, -0.2) is 15.0 Å². The van der Waals surface area contributed by atoms with E-state index in [-0.39, 0.29) is 30.1 Å². The molecule has 0 aliphatic carbocycles. The number of anilines is 1. The van der Waals surface area contributed by atoms with E-state index in [1.807, 2.05) is 12.4 Å². The van der Waals surface area contributed by atoms with Crippen LogP contribution in [0.4, 0.5) is 5.82 Å². The van der Waals surface area contributed by atoms with E-state index in [1.54, 1.807) is 11.3 Å². The summed E-state index contributed by atoms with van der Waals surface area (Å²) in [7, 11) is 0. The Labute approximate surface area is 188 Å². The lowest BCUT2D eigenvalue weighted by Gasteiger charge is -2.32. The van der Waals surface area contributed by atoms with Crippen LogP contribution >= 0.6 is 35.3 Å². The van der Waals surface area contributed by atoms with Crippen LogP contribution in [0.2, 0.25) is 0 Å². The number of halogens is 1. The standard InChI is InChI=1S/C19H28N6OS.HI/c1-4-20-19(24-12-18-22-9-15(3)27-18)23-11-16-5-6-17(21-10-16)25-7-8-26-14(2)13-25;/h5-6,9-10,14H,4,7-8,11-13H2,1-3H3,(H2,20,23,24);1H. The third kappa shape index (κ3) is 6.85. The molecule has 9 heteroatoms. The summed E-state index contributed by atoms with van der Waals surface area (Å²) in [5.41, 5.74) is 1.09. The predicted octanol–water partition coefficient (Wildman–Crippen LogP) is 2.94. The largest absolute Gasteiger partial charge is 0.375 e. The van der Waals surface area contributed by atoms with Crippen molar-refractivity contribution in [3.63, 3.8) is 0 Å². The average molecular weight is 516 g/mol. The molecular formula is C19H29IN6OS. The monoisotopic (exact) mass is 516 g/mol. The highest BCUT2D eigenvalue weighted by Crippen LogP contribution is 2.16. The highest BCUT2D eigenvalue weighted by atomic mass is 127. The van der Waals surface area contributed by atoms with Gasteiger partial charge in [0.2, 0.25) is 0 Å². The van der Waals surface area contributed by atoms with Crippen LogP contribution in [-0.4, -0.2) is 48.3 Å². The van der Waals surface area contributed by atoms with Crippen LogP contribution in [0.3, 0.4) is 0 Å². The molecule has 0 bridgehead atoms. The van der Waals surface area contributed by atoms with Crippen molar-refractivity contribution in [2.45, 2.75) is 40.0 Å². The van der Waals surface area contributed by atoms with Gasteiger partial charge < -0.3 is 20.3 Å². The van der Waals surface area contributed by atoms with E-state index in [0.717, 1.165) is 48.6 Å². The summed E-state index contributed by atoms with van der Waals surface area (Å²) in [6, 6.07) is 4.17. The van der Waals surface area contributed by atoms with E-state index in [1.165, 1.54) is 4.88 Å². The van der Waals surface area contributed by atoms with Crippen molar-refractivity contribution in [1.29, 1.82) is 0 Å². The zero-order valence-electron chi connectivity index (χ0n) is 16.6. The number of aryl methyl sites for hydroxylation is 1.